The van der Waals surface area contributed by atoms with Crippen molar-refractivity contribution in [1.29, 1.82) is 0 Å². The summed E-state index contributed by atoms with van der Waals surface area (Å²) >= 11 is 0. The van der Waals surface area contributed by atoms with Crippen LogP contribution in [0.4, 0.5) is 0 Å². The maximum Gasteiger partial charge on any atom is 0.136 e. The molecule has 4 heteroatoms. The standard InChI is InChI=1S/C66H42O2.C56H38O2/c1-65(2)51-27-15-13-25-47(51)61-53(65)33-35-55-63(61)49-31-29-39(37-57(49)67-55)59-43-21-9-11-23-45(43)60(46-24-12-10-22-44(46)59)40-30-32-50-58(38-40)68-56-36-34-54-62(64(50)56)48-26-14-16-28-52(48)66(54,41-17-5-3-6-18-41)42-19-7-4-8-20-42;1-55(2)41-19-11-9-17-37(41)51-43(55)24-27-46-53(51)39-23-21-32(30-48(39)58-46)50-35-15-7-5-13-33(35)49(34-14-6-8-16-36(34)50)31-22-26-45-40(29-31)54-47(57-45)28-25-44-52(54)38-18-10-12-20-42(38)56(44,3)4/h3-38H,1-2H3;5-30H,1-4H3. The maximum absolute atomic E-state index is 6.97. The van der Waals surface area contributed by atoms with Crippen LogP contribution in [0.3, 0.4) is 0 Å². The van der Waals surface area contributed by atoms with Crippen LogP contribution in [0.1, 0.15) is 97.2 Å². The monoisotopic (exact) mass is 1610 g/mol. The van der Waals surface area contributed by atoms with Gasteiger partial charge in [-0.15, -0.1) is 0 Å². The highest BCUT2D eigenvalue weighted by atomic mass is 16.3. The molecule has 0 fully saturated rings. The van der Waals surface area contributed by atoms with Crippen molar-refractivity contribution in [3.05, 3.63) is 432 Å². The lowest BCUT2D eigenvalue weighted by atomic mass is 9.67. The van der Waals surface area contributed by atoms with Gasteiger partial charge in [0.15, 0.2) is 0 Å². The summed E-state index contributed by atoms with van der Waals surface area (Å²) in [4.78, 5) is 0. The Kier molecular flexibility index (Phi) is 14.5. The molecule has 0 spiro atoms. The second-order valence-corrected chi connectivity index (χ2v) is 36.9. The second-order valence-electron chi connectivity index (χ2n) is 36.9. The minimum Gasteiger partial charge on any atom is -0.456 e. The van der Waals surface area contributed by atoms with Gasteiger partial charge in [-0.1, -0.05) is 345 Å². The molecular weight excluding hydrogens is 1530 g/mol. The van der Waals surface area contributed by atoms with Crippen LogP contribution in [-0.4, -0.2) is 0 Å². The normalized spacial score (nSPS) is 14.5. The van der Waals surface area contributed by atoms with Crippen LogP contribution >= 0.6 is 0 Å². The third-order valence-corrected chi connectivity index (χ3v) is 29.6. The summed E-state index contributed by atoms with van der Waals surface area (Å²) in [7, 11) is 0. The molecule has 0 N–H and O–H groups in total. The van der Waals surface area contributed by atoms with E-state index >= 15 is 0 Å². The summed E-state index contributed by atoms with van der Waals surface area (Å²) in [5, 5.41) is 19.0. The number of hydrogen-bond donors (Lipinski definition) is 0. The lowest BCUT2D eigenvalue weighted by molar-refractivity contribution is 0.656. The van der Waals surface area contributed by atoms with Crippen molar-refractivity contribution in [3.63, 3.8) is 0 Å². The van der Waals surface area contributed by atoms with E-state index in [2.05, 4.69) is 418 Å². The zero-order valence-electron chi connectivity index (χ0n) is 70.4. The van der Waals surface area contributed by atoms with Crippen LogP contribution in [0.25, 0.3) is 220 Å². The van der Waals surface area contributed by atoms with Gasteiger partial charge in [0.25, 0.3) is 0 Å². The van der Waals surface area contributed by atoms with E-state index in [1.807, 2.05) is 0 Å². The summed E-state index contributed by atoms with van der Waals surface area (Å²) < 4.78 is 27.1. The van der Waals surface area contributed by atoms with Crippen molar-refractivity contribution in [2.24, 2.45) is 0 Å². The molecule has 28 rings (SSSR count). The first-order valence-corrected chi connectivity index (χ1v) is 44.2. The fourth-order valence-corrected chi connectivity index (χ4v) is 24.1. The Morgan fingerprint density at radius 2 is 0.405 bits per heavy atom. The van der Waals surface area contributed by atoms with E-state index in [1.165, 1.54) is 187 Å². The number of benzene rings is 20. The molecule has 20 aromatic carbocycles. The first-order valence-electron chi connectivity index (χ1n) is 44.2. The Labute approximate surface area is 727 Å². The lowest BCUT2D eigenvalue weighted by Gasteiger charge is -2.33. The largest absolute Gasteiger partial charge is 0.456 e. The van der Waals surface area contributed by atoms with Gasteiger partial charge in [0, 0.05) is 59.3 Å². The van der Waals surface area contributed by atoms with E-state index in [9.17, 15) is 0 Å². The van der Waals surface area contributed by atoms with Crippen molar-refractivity contribution < 1.29 is 17.7 Å². The third kappa shape index (κ3) is 9.47. The number of rotatable bonds is 6. The highest BCUT2D eigenvalue weighted by Crippen LogP contribution is 2.62. The molecule has 0 atom stereocenters. The quantitative estimate of drug-likeness (QED) is 0.156. The van der Waals surface area contributed by atoms with Crippen LogP contribution in [0, 0.1) is 0 Å². The van der Waals surface area contributed by atoms with Crippen LogP contribution in [0.15, 0.2) is 394 Å². The second kappa shape index (κ2) is 25.6. The van der Waals surface area contributed by atoms with E-state index in [0.717, 1.165) is 88.3 Å². The van der Waals surface area contributed by atoms with Gasteiger partial charge in [-0.25, -0.2) is 0 Å². The molecule has 0 aliphatic heterocycles. The van der Waals surface area contributed by atoms with E-state index < -0.39 is 5.41 Å². The number of fused-ring (bicyclic) bond motifs is 32. The molecule has 4 aromatic heterocycles. The van der Waals surface area contributed by atoms with E-state index in [4.69, 9.17) is 17.7 Å². The predicted octanol–water partition coefficient (Wildman–Crippen LogP) is 33.5. The van der Waals surface area contributed by atoms with E-state index in [1.54, 1.807) is 0 Å². The van der Waals surface area contributed by atoms with Crippen molar-refractivity contribution in [3.8, 4) is 89.0 Å². The summed E-state index contributed by atoms with van der Waals surface area (Å²) in [5.41, 5.74) is 39.6. The summed E-state index contributed by atoms with van der Waals surface area (Å²) in [5.74, 6) is 0. The Morgan fingerprint density at radius 1 is 0.159 bits per heavy atom. The zero-order chi connectivity index (χ0) is 83.5. The molecule has 4 aliphatic rings. The molecule has 4 nitrogen and oxygen atoms in total. The van der Waals surface area contributed by atoms with Gasteiger partial charge in [0.05, 0.1) is 5.41 Å². The Balaban J connectivity index is 0.000000133. The van der Waals surface area contributed by atoms with Crippen LogP contribution in [0.5, 0.6) is 0 Å². The van der Waals surface area contributed by atoms with Gasteiger partial charge in [-0.2, -0.15) is 0 Å². The molecule has 0 unspecified atom stereocenters. The molecular formula is C122H80O4. The minimum absolute atomic E-state index is 0.0686. The minimum atomic E-state index is -0.482. The Bertz CT molecular complexity index is 8780. The van der Waals surface area contributed by atoms with Crippen LogP contribution in [-0.2, 0) is 21.7 Å². The molecule has 592 valence electrons. The molecule has 0 amide bonds. The van der Waals surface area contributed by atoms with Gasteiger partial charge in [0.1, 0.15) is 44.7 Å². The van der Waals surface area contributed by atoms with E-state index in [0.29, 0.717) is 0 Å². The highest BCUT2D eigenvalue weighted by molar-refractivity contribution is 6.27. The van der Waals surface area contributed by atoms with Crippen molar-refractivity contribution >= 4 is 131 Å². The SMILES string of the molecule is CC1(C)c2ccccc2-c2c1ccc1oc3cc(-c4c5ccccc5c(-c5ccc6c(c5)oc5ccc7c(c56)-c5ccccc5C7(c5ccccc5)c5ccccc5)c5ccccc45)ccc3c21.CC1(C)c2ccccc2-c2c1ccc1oc3cc(-c4c5ccccc5c(-c5ccc6oc7ccc8c(c7c6c5)-c5ccccc5C8(C)C)c5ccccc45)ccc3c21. The summed E-state index contributed by atoms with van der Waals surface area (Å²) in [6.45, 7) is 14.0. The average molecular weight is 1610 g/mol. The fraction of sp³-hybridized carbons (Fsp3) is 0.0820. The molecule has 0 radical (unpaired) electrons. The molecule has 0 bridgehead atoms. The molecule has 24 aromatic rings. The highest BCUT2D eigenvalue weighted by Gasteiger charge is 2.48. The van der Waals surface area contributed by atoms with Crippen molar-refractivity contribution in [1.82, 2.24) is 0 Å². The van der Waals surface area contributed by atoms with Gasteiger partial charge in [-0.05, 0) is 261 Å². The molecule has 4 aliphatic carbocycles. The molecule has 126 heavy (non-hydrogen) atoms. The first kappa shape index (κ1) is 71.2. The van der Waals surface area contributed by atoms with Crippen molar-refractivity contribution in [2.75, 3.05) is 0 Å². The van der Waals surface area contributed by atoms with Crippen LogP contribution in [0.2, 0.25) is 0 Å². The summed E-state index contributed by atoms with van der Waals surface area (Å²) in [6.07, 6.45) is 0. The number of hydrogen-bond acceptors (Lipinski definition) is 4. The predicted molar refractivity (Wildman–Crippen MR) is 524 cm³/mol. The molecule has 0 saturated carbocycles. The molecule has 0 saturated heterocycles. The third-order valence-electron chi connectivity index (χ3n) is 29.6. The lowest BCUT2D eigenvalue weighted by Crippen LogP contribution is -2.28. The van der Waals surface area contributed by atoms with Crippen LogP contribution < -0.4 is 0 Å². The zero-order valence-corrected chi connectivity index (χ0v) is 70.4. The van der Waals surface area contributed by atoms with Gasteiger partial charge in [0.2, 0.25) is 0 Å². The smallest absolute Gasteiger partial charge is 0.136 e. The Morgan fingerprint density at radius 3 is 0.746 bits per heavy atom. The maximum atomic E-state index is 6.97. The van der Waals surface area contributed by atoms with E-state index in [-0.39, 0.29) is 16.2 Å². The number of furan rings is 4. The fourth-order valence-electron chi connectivity index (χ4n) is 24.1. The topological polar surface area (TPSA) is 52.6 Å². The summed E-state index contributed by atoms with van der Waals surface area (Å²) in [6, 6.07) is 138. The van der Waals surface area contributed by atoms with Gasteiger partial charge < -0.3 is 17.7 Å². The molecule has 4 heterocycles. The van der Waals surface area contributed by atoms with Gasteiger partial charge >= 0.3 is 0 Å². The average Bonchev–Trinajstić information content (AvgIpc) is 1.52. The van der Waals surface area contributed by atoms with Crippen molar-refractivity contribution in [2.45, 2.75) is 63.2 Å². The van der Waals surface area contributed by atoms with Gasteiger partial charge in [-0.3, -0.25) is 0 Å². The Hall–Kier alpha value is -15.4. The first-order chi connectivity index (χ1) is 61.8.